The molecule has 2 nitrogen and oxygen atoms in total. The molecule has 1 heterocycles. The van der Waals surface area contributed by atoms with Crippen molar-refractivity contribution in [2.75, 3.05) is 0 Å². The number of hydrogen-bond acceptors (Lipinski definition) is 3. The highest BCUT2D eigenvalue weighted by Gasteiger charge is 2.26. The molecule has 0 saturated heterocycles. The summed E-state index contributed by atoms with van der Waals surface area (Å²) in [6.07, 6.45) is 2.73. The van der Waals surface area contributed by atoms with Crippen molar-refractivity contribution in [1.82, 2.24) is 10.3 Å². The zero-order valence-electron chi connectivity index (χ0n) is 9.13. The van der Waals surface area contributed by atoms with Gasteiger partial charge in [0.2, 0.25) is 0 Å². The predicted molar refractivity (Wildman–Crippen MR) is 60.6 cm³/mol. The lowest BCUT2D eigenvalue weighted by Crippen LogP contribution is -2.41. The number of rotatable bonds is 3. The average Bonchev–Trinajstić information content (AvgIpc) is 2.43. The van der Waals surface area contributed by atoms with Gasteiger partial charge in [0.15, 0.2) is 0 Å². The van der Waals surface area contributed by atoms with Gasteiger partial charge in [0.25, 0.3) is 0 Å². The number of nitrogens with one attached hydrogen (secondary N) is 1. The summed E-state index contributed by atoms with van der Waals surface area (Å²) in [7, 11) is 0. The zero-order valence-corrected chi connectivity index (χ0v) is 9.95. The Morgan fingerprint density at radius 1 is 1.43 bits per heavy atom. The molecule has 2 atom stereocenters. The first-order chi connectivity index (χ1) is 6.66. The molecule has 0 aliphatic heterocycles. The van der Waals surface area contributed by atoms with Crippen molar-refractivity contribution < 1.29 is 0 Å². The maximum atomic E-state index is 4.43. The summed E-state index contributed by atoms with van der Waals surface area (Å²) < 4.78 is 0. The summed E-state index contributed by atoms with van der Waals surface area (Å²) in [4.78, 5) is 5.83. The molecule has 1 aromatic rings. The van der Waals surface area contributed by atoms with Gasteiger partial charge in [-0.3, -0.25) is 0 Å². The number of aromatic nitrogens is 1. The van der Waals surface area contributed by atoms with E-state index in [-0.39, 0.29) is 0 Å². The number of thiazole rings is 1. The molecular formula is C11H18N2S. The zero-order chi connectivity index (χ0) is 10.1. The van der Waals surface area contributed by atoms with E-state index in [4.69, 9.17) is 0 Å². The standard InChI is InChI=1S/C11H18N2S/c1-7-4-5-10(7)12-6-11-8(2)13-9(3)14-11/h7,10,12H,4-6H2,1-3H3. The normalized spacial score (nSPS) is 26.2. The fraction of sp³-hybridized carbons (Fsp3) is 0.727. The van der Waals surface area contributed by atoms with Crippen molar-refractivity contribution in [3.63, 3.8) is 0 Å². The second-order valence-corrected chi connectivity index (χ2v) is 5.57. The van der Waals surface area contributed by atoms with Gasteiger partial charge in [-0.2, -0.15) is 0 Å². The monoisotopic (exact) mass is 210 g/mol. The van der Waals surface area contributed by atoms with Gasteiger partial charge >= 0.3 is 0 Å². The van der Waals surface area contributed by atoms with Crippen LogP contribution in [0.5, 0.6) is 0 Å². The third-order valence-corrected chi connectivity index (χ3v) is 4.22. The van der Waals surface area contributed by atoms with Crippen LogP contribution in [0.4, 0.5) is 0 Å². The summed E-state index contributed by atoms with van der Waals surface area (Å²) in [5.41, 5.74) is 1.20. The highest BCUT2D eigenvalue weighted by molar-refractivity contribution is 7.11. The molecule has 78 valence electrons. The third-order valence-electron chi connectivity index (χ3n) is 3.14. The lowest BCUT2D eigenvalue weighted by Gasteiger charge is -2.34. The molecule has 2 unspecified atom stereocenters. The molecule has 0 bridgehead atoms. The van der Waals surface area contributed by atoms with Gasteiger partial charge in [-0.15, -0.1) is 11.3 Å². The Bertz CT molecular complexity index is 319. The molecule has 1 aliphatic carbocycles. The van der Waals surface area contributed by atoms with Gasteiger partial charge in [0.05, 0.1) is 10.7 Å². The summed E-state index contributed by atoms with van der Waals surface area (Å²) in [5, 5.41) is 4.79. The minimum absolute atomic E-state index is 0.747. The van der Waals surface area contributed by atoms with Crippen molar-refractivity contribution in [2.45, 2.75) is 46.2 Å². The van der Waals surface area contributed by atoms with E-state index >= 15 is 0 Å². The third kappa shape index (κ3) is 1.98. The van der Waals surface area contributed by atoms with E-state index in [2.05, 4.69) is 31.1 Å². The van der Waals surface area contributed by atoms with E-state index in [1.165, 1.54) is 28.4 Å². The maximum absolute atomic E-state index is 4.43. The lowest BCUT2D eigenvalue weighted by molar-refractivity contribution is 0.229. The molecule has 14 heavy (non-hydrogen) atoms. The van der Waals surface area contributed by atoms with Crippen LogP contribution >= 0.6 is 11.3 Å². The summed E-state index contributed by atoms with van der Waals surface area (Å²) in [6, 6.07) is 0.747. The van der Waals surface area contributed by atoms with Crippen LogP contribution < -0.4 is 5.32 Å². The Balaban J connectivity index is 1.88. The quantitative estimate of drug-likeness (QED) is 0.829. The Hall–Kier alpha value is -0.410. The van der Waals surface area contributed by atoms with Crippen molar-refractivity contribution in [3.05, 3.63) is 15.6 Å². The number of nitrogens with zero attached hydrogens (tertiary/aromatic N) is 1. The molecular weight excluding hydrogens is 192 g/mol. The van der Waals surface area contributed by atoms with Gasteiger partial charge in [0.1, 0.15) is 0 Å². The second kappa shape index (κ2) is 3.99. The SMILES string of the molecule is Cc1nc(C)c(CNC2CCC2C)s1. The van der Waals surface area contributed by atoms with Gasteiger partial charge in [-0.05, 0) is 32.6 Å². The van der Waals surface area contributed by atoms with E-state index in [1.54, 1.807) is 0 Å². The average molecular weight is 210 g/mol. The van der Waals surface area contributed by atoms with Crippen molar-refractivity contribution >= 4 is 11.3 Å². The largest absolute Gasteiger partial charge is 0.309 e. The van der Waals surface area contributed by atoms with Crippen LogP contribution in [-0.2, 0) is 6.54 Å². The molecule has 0 aromatic carbocycles. The van der Waals surface area contributed by atoms with Crippen molar-refractivity contribution in [1.29, 1.82) is 0 Å². The van der Waals surface area contributed by atoms with Crippen LogP contribution in [0.1, 0.15) is 35.3 Å². The Morgan fingerprint density at radius 3 is 2.64 bits per heavy atom. The molecule has 0 spiro atoms. The Kier molecular flexibility index (Phi) is 2.88. The Morgan fingerprint density at radius 2 is 2.21 bits per heavy atom. The van der Waals surface area contributed by atoms with E-state index in [9.17, 15) is 0 Å². The topological polar surface area (TPSA) is 24.9 Å². The maximum Gasteiger partial charge on any atom is 0.0900 e. The van der Waals surface area contributed by atoms with E-state index in [1.807, 2.05) is 11.3 Å². The molecule has 1 aliphatic rings. The molecule has 0 radical (unpaired) electrons. The lowest BCUT2D eigenvalue weighted by atomic mass is 9.81. The van der Waals surface area contributed by atoms with Gasteiger partial charge < -0.3 is 5.32 Å². The highest BCUT2D eigenvalue weighted by atomic mass is 32.1. The van der Waals surface area contributed by atoms with Gasteiger partial charge in [-0.25, -0.2) is 4.98 Å². The summed E-state index contributed by atoms with van der Waals surface area (Å²) in [5.74, 6) is 0.865. The first-order valence-electron chi connectivity index (χ1n) is 5.33. The number of aryl methyl sites for hydroxylation is 2. The summed E-state index contributed by atoms with van der Waals surface area (Å²) in [6.45, 7) is 7.51. The molecule has 2 rings (SSSR count). The van der Waals surface area contributed by atoms with Crippen LogP contribution in [0.2, 0.25) is 0 Å². The van der Waals surface area contributed by atoms with Crippen LogP contribution in [0.3, 0.4) is 0 Å². The Labute approximate surface area is 89.8 Å². The van der Waals surface area contributed by atoms with Crippen LogP contribution in [0, 0.1) is 19.8 Å². The van der Waals surface area contributed by atoms with Gasteiger partial charge in [0, 0.05) is 17.5 Å². The predicted octanol–water partition coefficient (Wildman–Crippen LogP) is 2.65. The van der Waals surface area contributed by atoms with Crippen LogP contribution in [0.15, 0.2) is 0 Å². The fourth-order valence-corrected chi connectivity index (χ4v) is 2.82. The van der Waals surface area contributed by atoms with Crippen LogP contribution in [0.25, 0.3) is 0 Å². The number of hydrogen-bond donors (Lipinski definition) is 1. The first kappa shape index (κ1) is 10.1. The molecule has 1 saturated carbocycles. The van der Waals surface area contributed by atoms with Crippen molar-refractivity contribution in [2.24, 2.45) is 5.92 Å². The van der Waals surface area contributed by atoms with E-state index in [0.29, 0.717) is 0 Å². The molecule has 0 amide bonds. The second-order valence-electron chi connectivity index (χ2n) is 4.28. The van der Waals surface area contributed by atoms with Gasteiger partial charge in [-0.1, -0.05) is 6.92 Å². The van der Waals surface area contributed by atoms with E-state index in [0.717, 1.165) is 18.5 Å². The van der Waals surface area contributed by atoms with Crippen molar-refractivity contribution in [3.8, 4) is 0 Å². The molecule has 1 aromatic heterocycles. The fourth-order valence-electron chi connectivity index (χ4n) is 1.93. The molecule has 3 heteroatoms. The van der Waals surface area contributed by atoms with Crippen LogP contribution in [-0.4, -0.2) is 11.0 Å². The minimum atomic E-state index is 0.747. The molecule has 1 fully saturated rings. The minimum Gasteiger partial charge on any atom is -0.309 e. The molecule has 1 N–H and O–H groups in total. The first-order valence-corrected chi connectivity index (χ1v) is 6.14. The highest BCUT2D eigenvalue weighted by Crippen LogP contribution is 2.27. The van der Waals surface area contributed by atoms with E-state index < -0.39 is 0 Å². The summed E-state index contributed by atoms with van der Waals surface area (Å²) >= 11 is 1.82. The smallest absolute Gasteiger partial charge is 0.0900 e.